The lowest BCUT2D eigenvalue weighted by molar-refractivity contribution is 0.373. The summed E-state index contributed by atoms with van der Waals surface area (Å²) in [5, 5.41) is 16.9. The standard InChI is InChI=1S/C13H17N3O2.ClH/c1-16-9-11(8-15-16)7-14-6-10-3-4-12(17)13(5-10)18-2;/h3-5,8-9,14,17H,6-7H2,1-2H3;1H. The third-order valence-electron chi connectivity index (χ3n) is 2.66. The zero-order chi connectivity index (χ0) is 13.0. The largest absolute Gasteiger partial charge is 0.504 e. The Bertz CT molecular complexity index is 528. The number of aromatic nitrogens is 2. The van der Waals surface area contributed by atoms with Crippen molar-refractivity contribution in [1.82, 2.24) is 15.1 Å². The normalized spacial score (nSPS) is 10.0. The fourth-order valence-electron chi connectivity index (χ4n) is 1.75. The summed E-state index contributed by atoms with van der Waals surface area (Å²) in [6.07, 6.45) is 3.81. The average Bonchev–Trinajstić information content (AvgIpc) is 2.77. The maximum absolute atomic E-state index is 9.48. The van der Waals surface area contributed by atoms with Gasteiger partial charge in [0.2, 0.25) is 0 Å². The minimum absolute atomic E-state index is 0. The molecule has 0 radical (unpaired) electrons. The number of ether oxygens (including phenoxy) is 1. The van der Waals surface area contributed by atoms with Crippen molar-refractivity contribution in [3.05, 3.63) is 41.7 Å². The smallest absolute Gasteiger partial charge is 0.160 e. The molecule has 1 aromatic carbocycles. The van der Waals surface area contributed by atoms with Crippen LogP contribution in [0.2, 0.25) is 0 Å². The van der Waals surface area contributed by atoms with Crippen LogP contribution in [0, 0.1) is 0 Å². The van der Waals surface area contributed by atoms with Gasteiger partial charge in [-0.05, 0) is 17.7 Å². The van der Waals surface area contributed by atoms with Crippen LogP contribution in [0.25, 0.3) is 0 Å². The van der Waals surface area contributed by atoms with Crippen LogP contribution in [0.3, 0.4) is 0 Å². The topological polar surface area (TPSA) is 59.3 Å². The monoisotopic (exact) mass is 283 g/mol. The molecule has 6 heteroatoms. The summed E-state index contributed by atoms with van der Waals surface area (Å²) in [7, 11) is 3.44. The number of nitrogens with zero attached hydrogens (tertiary/aromatic N) is 2. The molecule has 0 spiro atoms. The first-order valence-electron chi connectivity index (χ1n) is 5.73. The van der Waals surface area contributed by atoms with Crippen molar-refractivity contribution in [1.29, 1.82) is 0 Å². The number of aryl methyl sites for hydroxylation is 1. The van der Waals surface area contributed by atoms with E-state index in [1.54, 1.807) is 17.9 Å². The Hall–Kier alpha value is -1.72. The highest BCUT2D eigenvalue weighted by molar-refractivity contribution is 5.85. The number of aromatic hydroxyl groups is 1. The van der Waals surface area contributed by atoms with E-state index in [0.29, 0.717) is 12.3 Å². The summed E-state index contributed by atoms with van der Waals surface area (Å²) in [4.78, 5) is 0. The van der Waals surface area contributed by atoms with Crippen LogP contribution in [0.15, 0.2) is 30.6 Å². The molecule has 5 nitrogen and oxygen atoms in total. The van der Waals surface area contributed by atoms with Gasteiger partial charge in [-0.2, -0.15) is 5.10 Å². The maximum Gasteiger partial charge on any atom is 0.160 e. The third-order valence-corrected chi connectivity index (χ3v) is 2.66. The zero-order valence-electron chi connectivity index (χ0n) is 11.0. The van der Waals surface area contributed by atoms with Crippen LogP contribution in [0.1, 0.15) is 11.1 Å². The predicted molar refractivity (Wildman–Crippen MR) is 75.7 cm³/mol. The molecule has 2 N–H and O–H groups in total. The van der Waals surface area contributed by atoms with E-state index in [9.17, 15) is 5.11 Å². The molecule has 0 saturated carbocycles. The molecule has 2 rings (SSSR count). The Morgan fingerprint density at radius 2 is 2.05 bits per heavy atom. The van der Waals surface area contributed by atoms with Gasteiger partial charge in [-0.1, -0.05) is 6.07 Å². The van der Waals surface area contributed by atoms with Gasteiger partial charge < -0.3 is 15.2 Å². The van der Waals surface area contributed by atoms with Crippen molar-refractivity contribution >= 4 is 12.4 Å². The second kappa shape index (κ2) is 7.01. The first-order chi connectivity index (χ1) is 8.69. The van der Waals surface area contributed by atoms with Gasteiger partial charge in [-0.15, -0.1) is 12.4 Å². The van der Waals surface area contributed by atoms with Crippen LogP contribution >= 0.6 is 12.4 Å². The van der Waals surface area contributed by atoms with Crippen molar-refractivity contribution in [2.45, 2.75) is 13.1 Å². The quantitative estimate of drug-likeness (QED) is 0.879. The van der Waals surface area contributed by atoms with E-state index in [-0.39, 0.29) is 18.2 Å². The minimum atomic E-state index is 0. The van der Waals surface area contributed by atoms with Gasteiger partial charge in [-0.3, -0.25) is 4.68 Å². The Kier molecular flexibility index (Phi) is 5.66. The summed E-state index contributed by atoms with van der Waals surface area (Å²) in [6, 6.07) is 5.33. The maximum atomic E-state index is 9.48. The van der Waals surface area contributed by atoms with Crippen molar-refractivity contribution in [3.63, 3.8) is 0 Å². The first-order valence-corrected chi connectivity index (χ1v) is 5.73. The second-order valence-corrected chi connectivity index (χ2v) is 4.13. The van der Waals surface area contributed by atoms with Crippen LogP contribution in [0.5, 0.6) is 11.5 Å². The van der Waals surface area contributed by atoms with Crippen LogP contribution in [-0.2, 0) is 20.1 Å². The molecule has 0 saturated heterocycles. The van der Waals surface area contributed by atoms with E-state index in [0.717, 1.165) is 17.7 Å². The van der Waals surface area contributed by atoms with Gasteiger partial charge in [0, 0.05) is 31.9 Å². The number of phenolic OH excluding ortho intramolecular Hbond substituents is 1. The molecular formula is C13H18ClN3O2. The second-order valence-electron chi connectivity index (χ2n) is 4.13. The summed E-state index contributed by atoms with van der Waals surface area (Å²) in [6.45, 7) is 1.47. The van der Waals surface area contributed by atoms with Gasteiger partial charge in [0.1, 0.15) is 0 Å². The summed E-state index contributed by atoms with van der Waals surface area (Å²) in [5.74, 6) is 0.657. The number of phenols is 1. The highest BCUT2D eigenvalue weighted by atomic mass is 35.5. The average molecular weight is 284 g/mol. The summed E-state index contributed by atoms with van der Waals surface area (Å²) < 4.78 is 6.84. The Morgan fingerprint density at radius 1 is 1.32 bits per heavy atom. The molecule has 0 amide bonds. The van der Waals surface area contributed by atoms with E-state index < -0.39 is 0 Å². The van der Waals surface area contributed by atoms with E-state index in [4.69, 9.17) is 4.74 Å². The van der Waals surface area contributed by atoms with Crippen molar-refractivity contribution < 1.29 is 9.84 Å². The fourth-order valence-corrected chi connectivity index (χ4v) is 1.75. The number of rotatable bonds is 5. The molecule has 0 fully saturated rings. The number of benzene rings is 1. The number of hydrogen-bond donors (Lipinski definition) is 2. The lowest BCUT2D eigenvalue weighted by Gasteiger charge is -2.07. The number of halogens is 1. The van der Waals surface area contributed by atoms with E-state index in [1.165, 1.54) is 0 Å². The molecule has 0 aliphatic heterocycles. The molecule has 2 aromatic rings. The molecule has 0 atom stereocenters. The van der Waals surface area contributed by atoms with E-state index >= 15 is 0 Å². The minimum Gasteiger partial charge on any atom is -0.504 e. The van der Waals surface area contributed by atoms with Gasteiger partial charge in [-0.25, -0.2) is 0 Å². The highest BCUT2D eigenvalue weighted by Crippen LogP contribution is 2.26. The summed E-state index contributed by atoms with van der Waals surface area (Å²) >= 11 is 0. The van der Waals surface area contributed by atoms with Gasteiger partial charge >= 0.3 is 0 Å². The number of methoxy groups -OCH3 is 1. The number of hydrogen-bond acceptors (Lipinski definition) is 4. The zero-order valence-corrected chi connectivity index (χ0v) is 11.8. The van der Waals surface area contributed by atoms with E-state index in [2.05, 4.69) is 10.4 Å². The molecule has 0 bridgehead atoms. The molecule has 104 valence electrons. The van der Waals surface area contributed by atoms with Gasteiger partial charge in [0.15, 0.2) is 11.5 Å². The third kappa shape index (κ3) is 4.15. The Morgan fingerprint density at radius 3 is 2.68 bits per heavy atom. The Labute approximate surface area is 118 Å². The fraction of sp³-hybridized carbons (Fsp3) is 0.308. The lowest BCUT2D eigenvalue weighted by Crippen LogP contribution is -2.12. The predicted octanol–water partition coefficient (Wildman–Crippen LogP) is 1.85. The van der Waals surface area contributed by atoms with Crippen molar-refractivity contribution in [2.24, 2.45) is 7.05 Å². The number of nitrogens with one attached hydrogen (secondary N) is 1. The molecule has 1 aromatic heterocycles. The van der Waals surface area contributed by atoms with E-state index in [1.807, 2.05) is 31.6 Å². The highest BCUT2D eigenvalue weighted by Gasteiger charge is 2.02. The van der Waals surface area contributed by atoms with Gasteiger partial charge in [0.05, 0.1) is 13.3 Å². The van der Waals surface area contributed by atoms with Gasteiger partial charge in [0.25, 0.3) is 0 Å². The molecule has 1 heterocycles. The summed E-state index contributed by atoms with van der Waals surface area (Å²) in [5.41, 5.74) is 2.21. The van der Waals surface area contributed by atoms with Crippen LogP contribution in [0.4, 0.5) is 0 Å². The van der Waals surface area contributed by atoms with Crippen LogP contribution in [-0.4, -0.2) is 22.0 Å². The molecular weight excluding hydrogens is 266 g/mol. The molecule has 0 aliphatic carbocycles. The molecule has 0 aliphatic rings. The van der Waals surface area contributed by atoms with Crippen molar-refractivity contribution in [3.8, 4) is 11.5 Å². The SMILES string of the molecule is COc1cc(CNCc2cnn(C)c2)ccc1O.Cl. The first kappa shape index (κ1) is 15.3. The van der Waals surface area contributed by atoms with Crippen LogP contribution < -0.4 is 10.1 Å². The lowest BCUT2D eigenvalue weighted by atomic mass is 10.2. The molecule has 19 heavy (non-hydrogen) atoms. The Balaban J connectivity index is 0.00000180. The molecule has 0 unspecified atom stereocenters. The van der Waals surface area contributed by atoms with Crippen molar-refractivity contribution in [2.75, 3.05) is 7.11 Å².